The van der Waals surface area contributed by atoms with Crippen molar-refractivity contribution in [3.05, 3.63) is 29.3 Å². The van der Waals surface area contributed by atoms with E-state index in [1.54, 1.807) is 12.1 Å². The maximum Gasteiger partial charge on any atom is 0.262 e. The summed E-state index contributed by atoms with van der Waals surface area (Å²) in [7, 11) is 0. The standard InChI is InChI=1S/C25H33N5O4/c31-22-8-7-21(23(32)26-22)30-24(33)19-6-5-18(17-20(19)25(30)34)29-15-13-28(14-16-29)12-4-11-27-9-2-1-3-10-27/h5-6,17,21H,1-4,7-16H2,(H,26,31,32). The summed E-state index contributed by atoms with van der Waals surface area (Å²) in [4.78, 5) is 58.1. The summed E-state index contributed by atoms with van der Waals surface area (Å²) in [6, 6.07) is 4.45. The Balaban J connectivity index is 1.17. The highest BCUT2D eigenvalue weighted by Gasteiger charge is 2.44. The molecular formula is C25H33N5O4. The zero-order valence-electron chi connectivity index (χ0n) is 19.6. The van der Waals surface area contributed by atoms with Crippen LogP contribution in [0.3, 0.4) is 0 Å². The molecule has 9 nitrogen and oxygen atoms in total. The topological polar surface area (TPSA) is 93.3 Å². The number of carbonyl (C=O) groups is 4. The largest absolute Gasteiger partial charge is 0.369 e. The van der Waals surface area contributed by atoms with Crippen LogP contribution in [0.4, 0.5) is 5.69 Å². The van der Waals surface area contributed by atoms with E-state index in [9.17, 15) is 19.2 Å². The van der Waals surface area contributed by atoms with Crippen molar-refractivity contribution in [3.63, 3.8) is 0 Å². The molecule has 182 valence electrons. The number of benzene rings is 1. The number of nitrogens with zero attached hydrogens (tertiary/aromatic N) is 4. The number of hydrogen-bond acceptors (Lipinski definition) is 7. The van der Waals surface area contributed by atoms with Gasteiger partial charge in [-0.3, -0.25) is 34.3 Å². The molecule has 1 N–H and O–H groups in total. The van der Waals surface area contributed by atoms with E-state index in [2.05, 4.69) is 20.0 Å². The summed E-state index contributed by atoms with van der Waals surface area (Å²) >= 11 is 0. The number of piperidine rings is 2. The lowest BCUT2D eigenvalue weighted by molar-refractivity contribution is -0.136. The van der Waals surface area contributed by atoms with Crippen LogP contribution in [0.1, 0.15) is 59.2 Å². The van der Waals surface area contributed by atoms with E-state index in [1.165, 1.54) is 45.3 Å². The van der Waals surface area contributed by atoms with Crippen LogP contribution in [0.25, 0.3) is 0 Å². The van der Waals surface area contributed by atoms with Crippen molar-refractivity contribution in [1.82, 2.24) is 20.0 Å². The van der Waals surface area contributed by atoms with E-state index in [1.807, 2.05) is 6.07 Å². The molecule has 1 unspecified atom stereocenters. The highest BCUT2D eigenvalue weighted by molar-refractivity contribution is 6.23. The minimum atomic E-state index is -0.929. The summed E-state index contributed by atoms with van der Waals surface area (Å²) in [5, 5.41) is 2.23. The summed E-state index contributed by atoms with van der Waals surface area (Å²) < 4.78 is 0. The number of rotatable bonds is 6. The third kappa shape index (κ3) is 4.59. The van der Waals surface area contributed by atoms with Crippen molar-refractivity contribution in [2.24, 2.45) is 0 Å². The number of piperazine rings is 1. The van der Waals surface area contributed by atoms with Crippen LogP contribution in [0.5, 0.6) is 0 Å². The summed E-state index contributed by atoms with van der Waals surface area (Å²) in [6.07, 6.45) is 5.53. The average Bonchev–Trinajstić information content (AvgIpc) is 3.10. The Morgan fingerprint density at radius 1 is 0.794 bits per heavy atom. The summed E-state index contributed by atoms with van der Waals surface area (Å²) in [6.45, 7) is 8.50. The van der Waals surface area contributed by atoms with E-state index < -0.39 is 23.8 Å². The number of hydrogen-bond donors (Lipinski definition) is 1. The van der Waals surface area contributed by atoms with Crippen LogP contribution < -0.4 is 10.2 Å². The fourth-order valence-electron chi connectivity index (χ4n) is 5.59. The lowest BCUT2D eigenvalue weighted by Crippen LogP contribution is -2.54. The number of likely N-dealkylation sites (tertiary alicyclic amines) is 1. The molecule has 1 aromatic rings. The van der Waals surface area contributed by atoms with Crippen molar-refractivity contribution in [3.8, 4) is 0 Å². The van der Waals surface area contributed by atoms with Crippen molar-refractivity contribution >= 4 is 29.3 Å². The van der Waals surface area contributed by atoms with E-state index in [0.717, 1.165) is 43.3 Å². The lowest BCUT2D eigenvalue weighted by Gasteiger charge is -2.36. The molecule has 1 aromatic carbocycles. The lowest BCUT2D eigenvalue weighted by atomic mass is 10.0. The van der Waals surface area contributed by atoms with Gasteiger partial charge in [0.05, 0.1) is 11.1 Å². The molecule has 4 aliphatic heterocycles. The van der Waals surface area contributed by atoms with Crippen molar-refractivity contribution in [2.45, 2.75) is 44.6 Å². The van der Waals surface area contributed by atoms with Gasteiger partial charge >= 0.3 is 0 Å². The third-order valence-corrected chi connectivity index (χ3v) is 7.56. The normalized spacial score (nSPS) is 24.5. The maximum atomic E-state index is 13.1. The van der Waals surface area contributed by atoms with E-state index >= 15 is 0 Å². The second kappa shape index (κ2) is 9.84. The molecule has 1 atom stereocenters. The van der Waals surface area contributed by atoms with Gasteiger partial charge in [-0.05, 0) is 70.1 Å². The van der Waals surface area contributed by atoms with E-state index in [4.69, 9.17) is 0 Å². The van der Waals surface area contributed by atoms with E-state index in [-0.39, 0.29) is 18.7 Å². The minimum absolute atomic E-state index is 0.122. The van der Waals surface area contributed by atoms with Gasteiger partial charge in [0.2, 0.25) is 11.8 Å². The van der Waals surface area contributed by atoms with Gasteiger partial charge in [-0.15, -0.1) is 0 Å². The SMILES string of the molecule is O=C1CCC(N2C(=O)c3ccc(N4CCN(CCCN5CCCCC5)CC4)cc3C2=O)C(=O)N1. The van der Waals surface area contributed by atoms with Gasteiger partial charge in [0.15, 0.2) is 0 Å². The third-order valence-electron chi connectivity index (χ3n) is 7.56. The van der Waals surface area contributed by atoms with Gasteiger partial charge in [-0.2, -0.15) is 0 Å². The monoisotopic (exact) mass is 467 g/mol. The van der Waals surface area contributed by atoms with Crippen molar-refractivity contribution < 1.29 is 19.2 Å². The predicted octanol–water partition coefficient (Wildman–Crippen LogP) is 1.09. The molecule has 0 saturated carbocycles. The van der Waals surface area contributed by atoms with Crippen LogP contribution in [-0.4, -0.2) is 96.7 Å². The zero-order chi connectivity index (χ0) is 23.7. The molecule has 9 heteroatoms. The highest BCUT2D eigenvalue weighted by atomic mass is 16.2. The highest BCUT2D eigenvalue weighted by Crippen LogP contribution is 2.31. The zero-order valence-corrected chi connectivity index (χ0v) is 19.6. The Morgan fingerprint density at radius 2 is 1.47 bits per heavy atom. The van der Waals surface area contributed by atoms with Gasteiger partial charge in [0.25, 0.3) is 11.8 Å². The Bertz CT molecular complexity index is 982. The molecule has 0 aromatic heterocycles. The molecule has 3 saturated heterocycles. The molecule has 3 fully saturated rings. The summed E-state index contributed by atoms with van der Waals surface area (Å²) in [5.41, 5.74) is 1.60. The number of nitrogens with one attached hydrogen (secondary N) is 1. The second-order valence-electron chi connectivity index (χ2n) is 9.76. The average molecular weight is 468 g/mol. The smallest absolute Gasteiger partial charge is 0.262 e. The maximum absolute atomic E-state index is 13.1. The first-order chi connectivity index (χ1) is 16.5. The number of imide groups is 2. The van der Waals surface area contributed by atoms with Gasteiger partial charge < -0.3 is 9.80 Å². The van der Waals surface area contributed by atoms with Crippen LogP contribution >= 0.6 is 0 Å². The fourth-order valence-corrected chi connectivity index (χ4v) is 5.59. The predicted molar refractivity (Wildman–Crippen MR) is 127 cm³/mol. The van der Waals surface area contributed by atoms with Gasteiger partial charge in [-0.1, -0.05) is 6.42 Å². The number of carbonyl (C=O) groups excluding carboxylic acids is 4. The number of anilines is 1. The van der Waals surface area contributed by atoms with Gasteiger partial charge in [0, 0.05) is 38.3 Å². The Kier molecular flexibility index (Phi) is 6.65. The molecule has 0 radical (unpaired) electrons. The minimum Gasteiger partial charge on any atom is -0.369 e. The van der Waals surface area contributed by atoms with Crippen LogP contribution in [-0.2, 0) is 9.59 Å². The molecule has 4 aliphatic rings. The first kappa shape index (κ1) is 23.0. The van der Waals surface area contributed by atoms with Crippen LogP contribution in [0, 0.1) is 0 Å². The molecular weight excluding hydrogens is 434 g/mol. The van der Waals surface area contributed by atoms with E-state index in [0.29, 0.717) is 11.1 Å². The molecule has 34 heavy (non-hydrogen) atoms. The molecule has 0 bridgehead atoms. The van der Waals surface area contributed by atoms with Gasteiger partial charge in [0.1, 0.15) is 6.04 Å². The Hall–Kier alpha value is -2.78. The first-order valence-corrected chi connectivity index (χ1v) is 12.6. The first-order valence-electron chi connectivity index (χ1n) is 12.6. The summed E-state index contributed by atoms with van der Waals surface area (Å²) in [5.74, 6) is -1.86. The number of amides is 4. The molecule has 5 rings (SSSR count). The Morgan fingerprint density at radius 3 is 2.18 bits per heavy atom. The molecule has 0 aliphatic carbocycles. The number of fused-ring (bicyclic) bond motifs is 1. The van der Waals surface area contributed by atoms with Crippen LogP contribution in [0.15, 0.2) is 18.2 Å². The fraction of sp³-hybridized carbons (Fsp3) is 0.600. The second-order valence-corrected chi connectivity index (χ2v) is 9.76. The molecule has 4 amide bonds. The quantitative estimate of drug-likeness (QED) is 0.626. The molecule has 4 heterocycles. The van der Waals surface area contributed by atoms with Crippen molar-refractivity contribution in [2.75, 3.05) is 57.3 Å². The Labute approximate surface area is 200 Å². The van der Waals surface area contributed by atoms with Gasteiger partial charge in [-0.25, -0.2) is 0 Å². The molecule has 0 spiro atoms. The van der Waals surface area contributed by atoms with Crippen molar-refractivity contribution in [1.29, 1.82) is 0 Å². The van der Waals surface area contributed by atoms with Crippen LogP contribution in [0.2, 0.25) is 0 Å².